The summed E-state index contributed by atoms with van der Waals surface area (Å²) >= 11 is 3.47. The molecule has 0 fully saturated rings. The second-order valence-electron chi connectivity index (χ2n) is 4.11. The van der Waals surface area contributed by atoms with Gasteiger partial charge in [-0.25, -0.2) is 4.98 Å². The lowest BCUT2D eigenvalue weighted by Gasteiger charge is -2.00. The minimum absolute atomic E-state index is 0.310. The maximum absolute atomic E-state index is 9.19. The van der Waals surface area contributed by atoms with Crippen LogP contribution < -0.4 is 0 Å². The zero-order chi connectivity index (χ0) is 12.3. The van der Waals surface area contributed by atoms with Crippen molar-refractivity contribution in [3.8, 4) is 5.75 Å². The van der Waals surface area contributed by atoms with Crippen LogP contribution in [0.5, 0.6) is 5.75 Å². The van der Waals surface area contributed by atoms with Crippen LogP contribution >= 0.6 is 23.1 Å². The van der Waals surface area contributed by atoms with E-state index in [4.69, 9.17) is 0 Å². The molecular formula is C13H15NOS2. The Balaban J connectivity index is 1.95. The van der Waals surface area contributed by atoms with Gasteiger partial charge in [-0.1, -0.05) is 13.8 Å². The Bertz CT molecular complexity index is 476. The van der Waals surface area contributed by atoms with E-state index < -0.39 is 0 Å². The molecule has 0 amide bonds. The van der Waals surface area contributed by atoms with Gasteiger partial charge in [0, 0.05) is 21.9 Å². The number of nitrogens with zero attached hydrogens (tertiary/aromatic N) is 1. The molecule has 0 atom stereocenters. The van der Waals surface area contributed by atoms with E-state index >= 15 is 0 Å². The van der Waals surface area contributed by atoms with Crippen molar-refractivity contribution in [1.82, 2.24) is 4.98 Å². The van der Waals surface area contributed by atoms with Gasteiger partial charge in [0.15, 0.2) is 0 Å². The van der Waals surface area contributed by atoms with Gasteiger partial charge >= 0.3 is 0 Å². The van der Waals surface area contributed by atoms with Crippen molar-refractivity contribution in [3.63, 3.8) is 0 Å². The number of aromatic hydroxyl groups is 1. The molecule has 17 heavy (non-hydrogen) atoms. The first-order valence-corrected chi connectivity index (χ1v) is 7.38. The molecule has 1 aromatic carbocycles. The molecule has 2 rings (SSSR count). The van der Waals surface area contributed by atoms with Crippen LogP contribution in [0.3, 0.4) is 0 Å². The van der Waals surface area contributed by atoms with Crippen LogP contribution in [0, 0.1) is 0 Å². The highest BCUT2D eigenvalue weighted by molar-refractivity contribution is 7.98. The molecule has 0 aliphatic heterocycles. The van der Waals surface area contributed by atoms with Gasteiger partial charge in [-0.05, 0) is 24.3 Å². The van der Waals surface area contributed by atoms with Crippen molar-refractivity contribution in [2.45, 2.75) is 30.4 Å². The molecular weight excluding hydrogens is 250 g/mol. The molecule has 0 aliphatic rings. The number of phenols is 1. The summed E-state index contributed by atoms with van der Waals surface area (Å²) in [5, 5.41) is 12.5. The van der Waals surface area contributed by atoms with Crippen LogP contribution in [-0.2, 0) is 5.75 Å². The molecule has 0 saturated carbocycles. The summed E-state index contributed by atoms with van der Waals surface area (Å²) in [7, 11) is 0. The third-order valence-corrected chi connectivity index (χ3v) is 4.53. The van der Waals surface area contributed by atoms with E-state index in [1.54, 1.807) is 35.2 Å². The van der Waals surface area contributed by atoms with Gasteiger partial charge in [0.1, 0.15) is 5.75 Å². The molecule has 0 saturated heterocycles. The van der Waals surface area contributed by atoms with Gasteiger partial charge in [-0.15, -0.1) is 23.1 Å². The number of aromatic nitrogens is 1. The smallest absolute Gasteiger partial charge is 0.115 e. The van der Waals surface area contributed by atoms with Crippen molar-refractivity contribution in [2.24, 2.45) is 0 Å². The minimum atomic E-state index is 0.310. The Hall–Kier alpha value is -1.00. The number of rotatable bonds is 4. The van der Waals surface area contributed by atoms with Crippen molar-refractivity contribution < 1.29 is 5.11 Å². The predicted molar refractivity (Wildman–Crippen MR) is 73.9 cm³/mol. The van der Waals surface area contributed by atoms with E-state index in [-0.39, 0.29) is 0 Å². The van der Waals surface area contributed by atoms with Crippen molar-refractivity contribution >= 4 is 23.1 Å². The first-order chi connectivity index (χ1) is 8.15. The van der Waals surface area contributed by atoms with Gasteiger partial charge in [-0.2, -0.15) is 0 Å². The normalized spacial score (nSPS) is 11.0. The van der Waals surface area contributed by atoms with Crippen LogP contribution in [-0.4, -0.2) is 10.1 Å². The lowest BCUT2D eigenvalue weighted by Crippen LogP contribution is -1.87. The molecule has 4 heteroatoms. The quantitative estimate of drug-likeness (QED) is 0.838. The first-order valence-electron chi connectivity index (χ1n) is 5.51. The van der Waals surface area contributed by atoms with E-state index in [0.717, 1.165) is 16.3 Å². The summed E-state index contributed by atoms with van der Waals surface area (Å²) in [6.07, 6.45) is 0. The molecule has 0 unspecified atom stereocenters. The standard InChI is InChI=1S/C13H15NOS2/c1-9(2)13-14-10(8-17-13)7-16-12-5-3-11(15)4-6-12/h3-6,8-9,15H,7H2,1-2H3. The summed E-state index contributed by atoms with van der Waals surface area (Å²) < 4.78 is 0. The van der Waals surface area contributed by atoms with Crippen molar-refractivity contribution in [1.29, 1.82) is 0 Å². The van der Waals surface area contributed by atoms with Crippen LogP contribution in [0.25, 0.3) is 0 Å². The third kappa shape index (κ3) is 3.48. The van der Waals surface area contributed by atoms with Gasteiger partial charge in [0.25, 0.3) is 0 Å². The van der Waals surface area contributed by atoms with E-state index in [9.17, 15) is 5.11 Å². The maximum Gasteiger partial charge on any atom is 0.115 e. The lowest BCUT2D eigenvalue weighted by atomic mass is 10.2. The molecule has 0 aliphatic carbocycles. The van der Waals surface area contributed by atoms with E-state index in [2.05, 4.69) is 24.2 Å². The molecule has 0 spiro atoms. The predicted octanol–water partition coefficient (Wildman–Crippen LogP) is 4.26. The molecule has 0 bridgehead atoms. The number of thioether (sulfide) groups is 1. The summed E-state index contributed by atoms with van der Waals surface area (Å²) in [5.41, 5.74) is 1.14. The van der Waals surface area contributed by atoms with E-state index in [0.29, 0.717) is 11.7 Å². The maximum atomic E-state index is 9.19. The Kier molecular flexibility index (Phi) is 4.07. The molecule has 0 radical (unpaired) electrons. The highest BCUT2D eigenvalue weighted by Crippen LogP contribution is 2.26. The fourth-order valence-electron chi connectivity index (χ4n) is 1.35. The Labute approximate surface area is 110 Å². The zero-order valence-electron chi connectivity index (χ0n) is 9.88. The van der Waals surface area contributed by atoms with Gasteiger partial charge < -0.3 is 5.11 Å². The van der Waals surface area contributed by atoms with Crippen LogP contribution in [0.15, 0.2) is 34.5 Å². The highest BCUT2D eigenvalue weighted by Gasteiger charge is 2.06. The van der Waals surface area contributed by atoms with Crippen molar-refractivity contribution in [2.75, 3.05) is 0 Å². The molecule has 90 valence electrons. The SMILES string of the molecule is CC(C)c1nc(CSc2ccc(O)cc2)cs1. The fourth-order valence-corrected chi connectivity index (χ4v) is 3.09. The number of thiazole rings is 1. The van der Waals surface area contributed by atoms with Gasteiger partial charge in [0.2, 0.25) is 0 Å². The highest BCUT2D eigenvalue weighted by atomic mass is 32.2. The summed E-state index contributed by atoms with van der Waals surface area (Å²) in [6, 6.07) is 7.28. The Morgan fingerprint density at radius 2 is 2.00 bits per heavy atom. The largest absolute Gasteiger partial charge is 0.508 e. The summed E-state index contributed by atoms with van der Waals surface area (Å²) in [4.78, 5) is 5.75. The molecule has 1 N–H and O–H groups in total. The monoisotopic (exact) mass is 265 g/mol. The summed E-state index contributed by atoms with van der Waals surface area (Å²) in [5.74, 6) is 1.70. The topological polar surface area (TPSA) is 33.1 Å². The Morgan fingerprint density at radius 1 is 1.29 bits per heavy atom. The number of benzene rings is 1. The zero-order valence-corrected chi connectivity index (χ0v) is 11.5. The minimum Gasteiger partial charge on any atom is -0.508 e. The fraction of sp³-hybridized carbons (Fsp3) is 0.308. The lowest BCUT2D eigenvalue weighted by molar-refractivity contribution is 0.475. The molecule has 1 heterocycles. The molecule has 2 aromatic rings. The Morgan fingerprint density at radius 3 is 2.59 bits per heavy atom. The summed E-state index contributed by atoms with van der Waals surface area (Å²) in [6.45, 7) is 4.32. The second kappa shape index (κ2) is 5.56. The van der Waals surface area contributed by atoms with Gasteiger partial charge in [-0.3, -0.25) is 0 Å². The van der Waals surface area contributed by atoms with Crippen LogP contribution in [0.1, 0.15) is 30.5 Å². The van der Waals surface area contributed by atoms with Gasteiger partial charge in [0.05, 0.1) is 10.7 Å². The number of hydrogen-bond acceptors (Lipinski definition) is 4. The average molecular weight is 265 g/mol. The number of hydrogen-bond donors (Lipinski definition) is 1. The second-order valence-corrected chi connectivity index (χ2v) is 6.05. The van der Waals surface area contributed by atoms with Crippen molar-refractivity contribution in [3.05, 3.63) is 40.3 Å². The average Bonchev–Trinajstić information content (AvgIpc) is 2.77. The number of phenolic OH excluding ortho intramolecular Hbond substituents is 1. The van der Waals surface area contributed by atoms with Crippen LogP contribution in [0.2, 0.25) is 0 Å². The van der Waals surface area contributed by atoms with Crippen LogP contribution in [0.4, 0.5) is 0 Å². The van der Waals surface area contributed by atoms with E-state index in [1.807, 2.05) is 12.1 Å². The van der Waals surface area contributed by atoms with E-state index in [1.165, 1.54) is 5.01 Å². The molecule has 1 aromatic heterocycles. The third-order valence-electron chi connectivity index (χ3n) is 2.29. The first kappa shape index (κ1) is 12.5. The molecule has 2 nitrogen and oxygen atoms in total.